The molecule has 4 aliphatic carbocycles. The molecule has 4 rings (SSSR count). The van der Waals surface area contributed by atoms with Crippen molar-refractivity contribution in [3.8, 4) is 0 Å². The van der Waals surface area contributed by atoms with E-state index in [0.717, 1.165) is 0 Å². The van der Waals surface area contributed by atoms with Crippen LogP contribution in [0.15, 0.2) is 11.6 Å². The molecule has 4 aliphatic rings. The third-order valence-electron chi connectivity index (χ3n) is 9.83. The van der Waals surface area contributed by atoms with Crippen LogP contribution in [0.5, 0.6) is 0 Å². The van der Waals surface area contributed by atoms with Gasteiger partial charge >= 0.3 is 11.9 Å². The fraction of sp³-hybridized carbons (Fsp3) is 0.821. The molecule has 0 aromatic carbocycles. The lowest BCUT2D eigenvalue weighted by atomic mass is 9.58. The summed E-state index contributed by atoms with van der Waals surface area (Å²) in [7, 11) is 0. The van der Waals surface area contributed by atoms with Crippen LogP contribution in [0, 0.1) is 35.0 Å². The molecule has 0 bridgehead atoms. The average molecular weight is 507 g/mol. The Labute approximate surface area is 213 Å². The van der Waals surface area contributed by atoms with E-state index in [1.54, 1.807) is 19.9 Å². The van der Waals surface area contributed by atoms with E-state index in [1.165, 1.54) is 0 Å². The van der Waals surface area contributed by atoms with Crippen molar-refractivity contribution in [3.05, 3.63) is 11.6 Å². The summed E-state index contributed by atoms with van der Waals surface area (Å²) < 4.78 is 12.3. The van der Waals surface area contributed by atoms with Gasteiger partial charge in [0, 0.05) is 54.3 Å². The zero-order chi connectivity index (χ0) is 26.8. The number of aliphatic hydroxyl groups is 3. The first kappa shape index (κ1) is 27.3. The molecule has 0 saturated heterocycles. The Bertz CT molecular complexity index is 971. The maximum absolute atomic E-state index is 13.2. The van der Waals surface area contributed by atoms with Crippen molar-refractivity contribution >= 4 is 17.7 Å². The molecule has 0 heterocycles. The SMILES string of the molecule is CCCC(=O)O[C@@H]1[C@@H](C)[C@@]2(O)[C@@H](C=C(CO)C[C@]3(O)C(=O)C(C)C[C@@H]23)[C@@H]2C(C)(C)[C@]12OC(=O)CCC. The van der Waals surface area contributed by atoms with Crippen LogP contribution in [0.2, 0.25) is 0 Å². The Balaban J connectivity index is 1.90. The highest BCUT2D eigenvalue weighted by Gasteiger charge is 2.88. The molecule has 9 atom stereocenters. The van der Waals surface area contributed by atoms with Gasteiger partial charge in [-0.25, -0.2) is 0 Å². The van der Waals surface area contributed by atoms with Crippen LogP contribution in [-0.4, -0.2) is 62.6 Å². The number of hydrogen-bond acceptors (Lipinski definition) is 8. The number of ketones is 1. The predicted molar refractivity (Wildman–Crippen MR) is 130 cm³/mol. The molecular weight excluding hydrogens is 464 g/mol. The number of hydrogen-bond donors (Lipinski definition) is 3. The van der Waals surface area contributed by atoms with Gasteiger partial charge < -0.3 is 24.8 Å². The molecule has 8 nitrogen and oxygen atoms in total. The van der Waals surface area contributed by atoms with Crippen LogP contribution in [0.3, 0.4) is 0 Å². The van der Waals surface area contributed by atoms with E-state index in [4.69, 9.17) is 9.47 Å². The van der Waals surface area contributed by atoms with Crippen molar-refractivity contribution in [1.82, 2.24) is 0 Å². The summed E-state index contributed by atoms with van der Waals surface area (Å²) >= 11 is 0. The fourth-order valence-electron chi connectivity index (χ4n) is 8.11. The Morgan fingerprint density at radius 3 is 2.28 bits per heavy atom. The second-order valence-corrected chi connectivity index (χ2v) is 12.2. The monoisotopic (exact) mass is 506 g/mol. The van der Waals surface area contributed by atoms with Crippen molar-refractivity contribution in [2.24, 2.45) is 35.0 Å². The van der Waals surface area contributed by atoms with Crippen molar-refractivity contribution in [2.45, 2.75) is 103 Å². The first-order valence-electron chi connectivity index (χ1n) is 13.5. The van der Waals surface area contributed by atoms with Crippen LogP contribution in [0.25, 0.3) is 0 Å². The molecule has 8 heteroatoms. The zero-order valence-electron chi connectivity index (χ0n) is 22.4. The Morgan fingerprint density at radius 2 is 1.69 bits per heavy atom. The van der Waals surface area contributed by atoms with Crippen molar-refractivity contribution < 1.29 is 39.2 Å². The number of carbonyl (C=O) groups is 3. The summed E-state index contributed by atoms with van der Waals surface area (Å²) in [5.41, 5.74) is -4.79. The summed E-state index contributed by atoms with van der Waals surface area (Å²) in [6.45, 7) is 10.8. The third-order valence-corrected chi connectivity index (χ3v) is 9.83. The lowest BCUT2D eigenvalue weighted by Gasteiger charge is -2.53. The van der Waals surface area contributed by atoms with Crippen LogP contribution in [0.1, 0.15) is 80.1 Å². The van der Waals surface area contributed by atoms with E-state index in [9.17, 15) is 29.7 Å². The number of esters is 2. The second-order valence-electron chi connectivity index (χ2n) is 12.2. The standard InChI is InChI=1S/C28H42O8/c1-7-9-20(30)35-24-16(4)27(34)18(22-25(5,6)28(22,24)36-21(31)10-8-2)12-17(14-29)13-26(33)19(27)11-15(3)23(26)32/h12,15-16,18-19,22,24,29,33-34H,7-11,13-14H2,1-6H3/t15?,16-,18+,19-,22-,24-,26-,27-,28-/m1/s1. The van der Waals surface area contributed by atoms with Gasteiger partial charge in [0.25, 0.3) is 0 Å². The molecule has 0 aliphatic heterocycles. The largest absolute Gasteiger partial charge is 0.458 e. The summed E-state index contributed by atoms with van der Waals surface area (Å²) in [5.74, 6) is -4.23. The van der Waals surface area contributed by atoms with E-state index in [-0.39, 0.29) is 44.0 Å². The number of Topliss-reactive ketones (excluding diaryl/α,β-unsaturated/α-hetero) is 1. The van der Waals surface area contributed by atoms with Gasteiger partial charge in [-0.3, -0.25) is 14.4 Å². The highest BCUT2D eigenvalue weighted by molar-refractivity contribution is 5.92. The second kappa shape index (κ2) is 8.91. The molecule has 36 heavy (non-hydrogen) atoms. The molecule has 0 spiro atoms. The normalized spacial score (nSPS) is 44.5. The minimum atomic E-state index is -1.83. The van der Waals surface area contributed by atoms with Gasteiger partial charge in [-0.2, -0.15) is 0 Å². The van der Waals surface area contributed by atoms with Crippen LogP contribution >= 0.6 is 0 Å². The predicted octanol–water partition coefficient (Wildman–Crippen LogP) is 2.71. The topological polar surface area (TPSA) is 130 Å². The minimum absolute atomic E-state index is 0.0566. The van der Waals surface area contributed by atoms with Crippen LogP contribution in [-0.2, 0) is 23.9 Å². The van der Waals surface area contributed by atoms with Crippen LogP contribution < -0.4 is 0 Å². The molecule has 0 amide bonds. The molecule has 202 valence electrons. The maximum Gasteiger partial charge on any atom is 0.306 e. The summed E-state index contributed by atoms with van der Waals surface area (Å²) in [5, 5.41) is 34.6. The lowest BCUT2D eigenvalue weighted by Crippen LogP contribution is -2.66. The summed E-state index contributed by atoms with van der Waals surface area (Å²) in [6, 6.07) is 0. The number of aliphatic hydroxyl groups excluding tert-OH is 1. The minimum Gasteiger partial charge on any atom is -0.458 e. The molecular formula is C28H42O8. The first-order chi connectivity index (χ1) is 16.8. The molecule has 3 N–H and O–H groups in total. The lowest BCUT2D eigenvalue weighted by molar-refractivity contribution is -0.233. The van der Waals surface area contributed by atoms with Gasteiger partial charge in [-0.05, 0) is 24.8 Å². The Hall–Kier alpha value is -1.77. The van der Waals surface area contributed by atoms with Gasteiger partial charge in [-0.1, -0.05) is 47.6 Å². The molecule has 3 fully saturated rings. The smallest absolute Gasteiger partial charge is 0.306 e. The van der Waals surface area contributed by atoms with Crippen molar-refractivity contribution in [3.63, 3.8) is 0 Å². The first-order valence-corrected chi connectivity index (χ1v) is 13.5. The highest BCUT2D eigenvalue weighted by Crippen LogP contribution is 2.77. The Kier molecular flexibility index (Phi) is 6.75. The number of fused-ring (bicyclic) bond motifs is 5. The van der Waals surface area contributed by atoms with Crippen molar-refractivity contribution in [1.29, 1.82) is 0 Å². The van der Waals surface area contributed by atoms with Gasteiger partial charge in [0.2, 0.25) is 0 Å². The molecule has 0 aromatic heterocycles. The van der Waals surface area contributed by atoms with E-state index in [0.29, 0.717) is 18.4 Å². The quantitative estimate of drug-likeness (QED) is 0.355. The van der Waals surface area contributed by atoms with Gasteiger partial charge in [-0.15, -0.1) is 0 Å². The van der Waals surface area contributed by atoms with Gasteiger partial charge in [0.1, 0.15) is 11.7 Å². The third kappa shape index (κ3) is 3.47. The van der Waals surface area contributed by atoms with Crippen molar-refractivity contribution in [2.75, 3.05) is 6.61 Å². The van der Waals surface area contributed by atoms with E-state index in [2.05, 4.69) is 0 Å². The summed E-state index contributed by atoms with van der Waals surface area (Å²) in [4.78, 5) is 38.9. The molecule has 0 radical (unpaired) electrons. The fourth-order valence-corrected chi connectivity index (χ4v) is 8.11. The zero-order valence-corrected chi connectivity index (χ0v) is 22.4. The van der Waals surface area contributed by atoms with E-state index in [1.807, 2.05) is 27.7 Å². The van der Waals surface area contributed by atoms with Crippen LogP contribution in [0.4, 0.5) is 0 Å². The summed E-state index contributed by atoms with van der Waals surface area (Å²) in [6.07, 6.45) is 2.66. The van der Waals surface area contributed by atoms with Gasteiger partial charge in [0.15, 0.2) is 11.4 Å². The highest BCUT2D eigenvalue weighted by atomic mass is 16.6. The van der Waals surface area contributed by atoms with E-state index < -0.39 is 63.9 Å². The number of ether oxygens (including phenoxy) is 2. The van der Waals surface area contributed by atoms with E-state index >= 15 is 0 Å². The number of carbonyl (C=O) groups excluding carboxylic acids is 3. The number of rotatable bonds is 7. The maximum atomic E-state index is 13.2. The molecule has 0 aromatic rings. The van der Waals surface area contributed by atoms with Gasteiger partial charge in [0.05, 0.1) is 12.2 Å². The average Bonchev–Trinajstić information content (AvgIpc) is 3.23. The Morgan fingerprint density at radius 1 is 1.08 bits per heavy atom. The molecule has 1 unspecified atom stereocenters. The molecule has 3 saturated carbocycles.